The van der Waals surface area contributed by atoms with E-state index >= 15 is 0 Å². The number of benzene rings is 2. The molecule has 0 unspecified atom stereocenters. The first-order valence-electron chi connectivity index (χ1n) is 6.55. The molecule has 4 heteroatoms. The Balaban J connectivity index is 2.60. The maximum absolute atomic E-state index is 12.3. The van der Waals surface area contributed by atoms with Crippen molar-refractivity contribution in [2.75, 3.05) is 13.2 Å². The molecule has 4 nitrogen and oxygen atoms in total. The lowest BCUT2D eigenvalue weighted by Crippen LogP contribution is -2.19. The van der Waals surface area contributed by atoms with Crippen LogP contribution in [0.15, 0.2) is 36.4 Å². The molecule has 104 valence electrons. The highest BCUT2D eigenvalue weighted by Gasteiger charge is 2.24. The van der Waals surface area contributed by atoms with Crippen LogP contribution in [0.3, 0.4) is 0 Å². The molecular weight excluding hydrogens is 256 g/mol. The summed E-state index contributed by atoms with van der Waals surface area (Å²) >= 11 is 0. The van der Waals surface area contributed by atoms with E-state index in [9.17, 15) is 9.59 Å². The number of fused-ring (bicyclic) bond motifs is 1. The van der Waals surface area contributed by atoms with Gasteiger partial charge in [0.05, 0.1) is 18.8 Å². The summed E-state index contributed by atoms with van der Waals surface area (Å²) < 4.78 is 10.3. The Morgan fingerprint density at radius 1 is 1.00 bits per heavy atom. The number of esters is 1. The van der Waals surface area contributed by atoms with Gasteiger partial charge in [-0.15, -0.1) is 0 Å². The zero-order chi connectivity index (χ0) is 14.5. The van der Waals surface area contributed by atoms with E-state index in [1.165, 1.54) is 0 Å². The molecule has 0 radical (unpaired) electrons. The van der Waals surface area contributed by atoms with E-state index in [4.69, 9.17) is 9.47 Å². The molecule has 0 aromatic heterocycles. The Morgan fingerprint density at radius 3 is 2.45 bits per heavy atom. The number of ketones is 1. The van der Waals surface area contributed by atoms with Crippen LogP contribution in [0.2, 0.25) is 0 Å². The molecule has 0 N–H and O–H groups in total. The number of ether oxygens (including phenoxy) is 2. The summed E-state index contributed by atoms with van der Waals surface area (Å²) in [6.07, 6.45) is 0. The van der Waals surface area contributed by atoms with Crippen molar-refractivity contribution in [2.24, 2.45) is 0 Å². The topological polar surface area (TPSA) is 52.6 Å². The summed E-state index contributed by atoms with van der Waals surface area (Å²) in [7, 11) is 0. The molecule has 0 saturated heterocycles. The van der Waals surface area contributed by atoms with Gasteiger partial charge in [0.15, 0.2) is 0 Å². The fourth-order valence-corrected chi connectivity index (χ4v) is 2.06. The van der Waals surface area contributed by atoms with Gasteiger partial charge in [0.25, 0.3) is 5.78 Å². The van der Waals surface area contributed by atoms with Crippen molar-refractivity contribution in [1.82, 2.24) is 0 Å². The number of carbonyl (C=O) groups excluding carboxylic acids is 2. The second-order valence-electron chi connectivity index (χ2n) is 4.14. The van der Waals surface area contributed by atoms with Crippen molar-refractivity contribution >= 4 is 22.5 Å². The van der Waals surface area contributed by atoms with E-state index in [1.807, 2.05) is 31.2 Å². The molecule has 0 aliphatic heterocycles. The molecule has 0 atom stereocenters. The Kier molecular flexibility index (Phi) is 4.35. The average molecular weight is 272 g/mol. The van der Waals surface area contributed by atoms with E-state index in [0.29, 0.717) is 17.7 Å². The fourth-order valence-electron chi connectivity index (χ4n) is 2.06. The Labute approximate surface area is 117 Å². The van der Waals surface area contributed by atoms with Gasteiger partial charge in [-0.25, -0.2) is 4.79 Å². The normalized spacial score (nSPS) is 10.3. The summed E-state index contributed by atoms with van der Waals surface area (Å²) in [6.45, 7) is 4.08. The fraction of sp³-hybridized carbons (Fsp3) is 0.250. The van der Waals surface area contributed by atoms with Crippen molar-refractivity contribution in [3.8, 4) is 5.75 Å². The minimum atomic E-state index is -0.857. The third-order valence-corrected chi connectivity index (χ3v) is 2.88. The van der Waals surface area contributed by atoms with Gasteiger partial charge in [-0.05, 0) is 30.7 Å². The van der Waals surface area contributed by atoms with Crippen molar-refractivity contribution in [1.29, 1.82) is 0 Å². The maximum atomic E-state index is 12.3. The highest BCUT2D eigenvalue weighted by atomic mass is 16.5. The van der Waals surface area contributed by atoms with Gasteiger partial charge >= 0.3 is 5.97 Å². The second kappa shape index (κ2) is 6.19. The van der Waals surface area contributed by atoms with Crippen LogP contribution in [-0.4, -0.2) is 25.0 Å². The third kappa shape index (κ3) is 2.64. The van der Waals surface area contributed by atoms with E-state index < -0.39 is 11.8 Å². The quantitative estimate of drug-likeness (QED) is 0.477. The molecule has 20 heavy (non-hydrogen) atoms. The predicted octanol–water partition coefficient (Wildman–Crippen LogP) is 2.98. The lowest BCUT2D eigenvalue weighted by molar-refractivity contribution is -0.137. The van der Waals surface area contributed by atoms with Gasteiger partial charge in [0.1, 0.15) is 5.75 Å². The number of rotatable bonds is 5. The Bertz CT molecular complexity index is 646. The van der Waals surface area contributed by atoms with Crippen LogP contribution in [0.25, 0.3) is 10.8 Å². The zero-order valence-electron chi connectivity index (χ0n) is 11.5. The third-order valence-electron chi connectivity index (χ3n) is 2.88. The van der Waals surface area contributed by atoms with Gasteiger partial charge in [0, 0.05) is 0 Å². The molecule has 0 bridgehead atoms. The summed E-state index contributed by atoms with van der Waals surface area (Å²) in [6, 6.07) is 10.9. The highest BCUT2D eigenvalue weighted by molar-refractivity contribution is 6.43. The minimum absolute atomic E-state index is 0.166. The highest BCUT2D eigenvalue weighted by Crippen LogP contribution is 2.29. The number of carbonyl (C=O) groups is 2. The molecule has 0 aliphatic carbocycles. The molecule has 0 saturated carbocycles. The summed E-state index contributed by atoms with van der Waals surface area (Å²) in [5.41, 5.74) is 0.267. The first-order chi connectivity index (χ1) is 9.69. The van der Waals surface area contributed by atoms with Crippen molar-refractivity contribution in [2.45, 2.75) is 13.8 Å². The SMILES string of the molecule is CCOC(=O)C(=O)c1c(OCC)ccc2ccccc12. The lowest BCUT2D eigenvalue weighted by atomic mass is 10.00. The van der Waals surface area contributed by atoms with E-state index in [-0.39, 0.29) is 12.2 Å². The van der Waals surface area contributed by atoms with Crippen LogP contribution in [0, 0.1) is 0 Å². The number of hydrogen-bond donors (Lipinski definition) is 0. The molecule has 0 fully saturated rings. The number of Topliss-reactive ketones (excluding diaryl/α,β-unsaturated/α-hetero) is 1. The molecule has 0 aliphatic rings. The standard InChI is InChI=1S/C16H16O4/c1-3-19-13-10-9-11-7-5-6-8-12(11)14(13)15(17)16(18)20-4-2/h5-10H,3-4H2,1-2H3. The smallest absolute Gasteiger partial charge is 0.379 e. The lowest BCUT2D eigenvalue weighted by Gasteiger charge is -2.12. The molecule has 2 rings (SSSR count). The first-order valence-corrected chi connectivity index (χ1v) is 6.55. The van der Waals surface area contributed by atoms with Gasteiger partial charge in [-0.3, -0.25) is 4.79 Å². The number of hydrogen-bond acceptors (Lipinski definition) is 4. The Morgan fingerprint density at radius 2 is 1.75 bits per heavy atom. The van der Waals surface area contributed by atoms with Crippen LogP contribution in [0.4, 0.5) is 0 Å². The first kappa shape index (κ1) is 14.1. The monoisotopic (exact) mass is 272 g/mol. The zero-order valence-corrected chi connectivity index (χ0v) is 11.5. The molecule has 2 aromatic carbocycles. The second-order valence-corrected chi connectivity index (χ2v) is 4.14. The Hall–Kier alpha value is -2.36. The van der Waals surface area contributed by atoms with E-state index in [2.05, 4.69) is 0 Å². The van der Waals surface area contributed by atoms with Crippen LogP contribution in [0.5, 0.6) is 5.75 Å². The molecule has 2 aromatic rings. The van der Waals surface area contributed by atoms with Crippen molar-refractivity contribution < 1.29 is 19.1 Å². The summed E-state index contributed by atoms with van der Waals surface area (Å²) in [4.78, 5) is 24.0. The van der Waals surface area contributed by atoms with E-state index in [0.717, 1.165) is 5.39 Å². The molecular formula is C16H16O4. The molecule has 0 spiro atoms. The van der Waals surface area contributed by atoms with E-state index in [1.54, 1.807) is 19.1 Å². The summed E-state index contributed by atoms with van der Waals surface area (Å²) in [5, 5.41) is 1.57. The van der Waals surface area contributed by atoms with Gasteiger partial charge < -0.3 is 9.47 Å². The van der Waals surface area contributed by atoms with Crippen LogP contribution in [0.1, 0.15) is 24.2 Å². The average Bonchev–Trinajstić information content (AvgIpc) is 2.47. The maximum Gasteiger partial charge on any atom is 0.379 e. The molecule has 0 heterocycles. The summed E-state index contributed by atoms with van der Waals surface area (Å²) in [5.74, 6) is -1.12. The van der Waals surface area contributed by atoms with Gasteiger partial charge in [0.2, 0.25) is 0 Å². The van der Waals surface area contributed by atoms with Gasteiger partial charge in [-0.2, -0.15) is 0 Å². The van der Waals surface area contributed by atoms with Crippen molar-refractivity contribution in [3.05, 3.63) is 42.0 Å². The predicted molar refractivity (Wildman–Crippen MR) is 76.1 cm³/mol. The van der Waals surface area contributed by atoms with Crippen LogP contribution < -0.4 is 4.74 Å². The van der Waals surface area contributed by atoms with Gasteiger partial charge in [-0.1, -0.05) is 30.3 Å². The van der Waals surface area contributed by atoms with Crippen LogP contribution >= 0.6 is 0 Å². The van der Waals surface area contributed by atoms with Crippen LogP contribution in [-0.2, 0) is 9.53 Å². The minimum Gasteiger partial charge on any atom is -0.493 e. The molecule has 0 amide bonds. The largest absolute Gasteiger partial charge is 0.493 e. The van der Waals surface area contributed by atoms with Crippen molar-refractivity contribution in [3.63, 3.8) is 0 Å².